The standard InChI is InChI=1S/C49H33N3.C2H6/c1-49(2)42-25-11-10-20-35(42)36-21-12-22-37(44(36)49)38-23-13-24-39-41-28-32-17-6-7-18-33(32)29-43(41)52(47(38)39)48-50-45(31-15-4-3-5-16-31)40-27-26-30-14-8-9-19-34(30)46(40)51-48;1-2/h3-29H,1-2H3;1-2H3. The first-order valence-corrected chi connectivity index (χ1v) is 19.0. The molecule has 0 aliphatic heterocycles. The second-order valence-corrected chi connectivity index (χ2v) is 14.6. The number of para-hydroxylation sites is 1. The van der Waals surface area contributed by atoms with Crippen LogP contribution < -0.4 is 0 Å². The third kappa shape index (κ3) is 4.61. The number of rotatable bonds is 3. The van der Waals surface area contributed by atoms with Crippen molar-refractivity contribution in [2.24, 2.45) is 0 Å². The van der Waals surface area contributed by atoms with Gasteiger partial charge < -0.3 is 0 Å². The van der Waals surface area contributed by atoms with Crippen LogP contribution in [-0.2, 0) is 5.41 Å². The maximum atomic E-state index is 5.53. The van der Waals surface area contributed by atoms with E-state index in [2.05, 4.69) is 182 Å². The Hall–Kier alpha value is -6.58. The van der Waals surface area contributed by atoms with Crippen molar-refractivity contribution < 1.29 is 0 Å². The van der Waals surface area contributed by atoms with Crippen LogP contribution >= 0.6 is 0 Å². The Labute approximate surface area is 315 Å². The smallest absolute Gasteiger partial charge is 0.235 e. The second kappa shape index (κ2) is 12.2. The lowest BCUT2D eigenvalue weighted by Gasteiger charge is -2.25. The highest BCUT2D eigenvalue weighted by molar-refractivity contribution is 6.17. The van der Waals surface area contributed by atoms with Crippen LogP contribution in [0.4, 0.5) is 0 Å². The molecule has 258 valence electrons. The molecule has 0 amide bonds. The topological polar surface area (TPSA) is 30.7 Å². The molecule has 2 heterocycles. The monoisotopic (exact) mass is 693 g/mol. The van der Waals surface area contributed by atoms with Crippen LogP contribution in [0.25, 0.3) is 93.7 Å². The zero-order valence-electron chi connectivity index (χ0n) is 30.9. The molecule has 0 saturated carbocycles. The maximum Gasteiger partial charge on any atom is 0.235 e. The Morgan fingerprint density at radius 2 is 1.07 bits per heavy atom. The summed E-state index contributed by atoms with van der Waals surface area (Å²) in [6.07, 6.45) is 0. The second-order valence-electron chi connectivity index (χ2n) is 14.6. The first kappa shape index (κ1) is 32.1. The molecule has 0 saturated heterocycles. The average molecular weight is 694 g/mol. The van der Waals surface area contributed by atoms with Gasteiger partial charge in [0, 0.05) is 38.1 Å². The molecule has 1 aliphatic carbocycles. The number of hydrogen-bond acceptors (Lipinski definition) is 2. The molecular formula is C51H39N3. The predicted octanol–water partition coefficient (Wildman–Crippen LogP) is 13.7. The maximum absolute atomic E-state index is 5.53. The van der Waals surface area contributed by atoms with Gasteiger partial charge in [-0.1, -0.05) is 173 Å². The molecule has 1 aliphatic rings. The first-order valence-electron chi connectivity index (χ1n) is 19.0. The van der Waals surface area contributed by atoms with Crippen molar-refractivity contribution >= 4 is 54.3 Å². The molecule has 0 atom stereocenters. The predicted molar refractivity (Wildman–Crippen MR) is 229 cm³/mol. The van der Waals surface area contributed by atoms with E-state index in [9.17, 15) is 0 Å². The third-order valence-corrected chi connectivity index (χ3v) is 11.4. The SMILES string of the molecule is CC.CC1(C)c2ccccc2-c2cccc(-c3cccc4c5cc6ccccc6cc5n(-c5nc(-c6ccccc6)c6ccc7ccccc7c6n5)c34)c21. The van der Waals surface area contributed by atoms with Crippen LogP contribution in [0.3, 0.4) is 0 Å². The van der Waals surface area contributed by atoms with E-state index in [4.69, 9.17) is 9.97 Å². The van der Waals surface area contributed by atoms with Gasteiger partial charge in [0.25, 0.3) is 0 Å². The molecule has 3 heteroatoms. The number of aromatic nitrogens is 3. The highest BCUT2D eigenvalue weighted by Crippen LogP contribution is 2.53. The van der Waals surface area contributed by atoms with Crippen LogP contribution in [-0.4, -0.2) is 14.5 Å². The van der Waals surface area contributed by atoms with E-state index in [0.717, 1.165) is 44.0 Å². The van der Waals surface area contributed by atoms with Gasteiger partial charge in [-0.05, 0) is 62.2 Å². The number of hydrogen-bond donors (Lipinski definition) is 0. The minimum absolute atomic E-state index is 0.172. The first-order chi connectivity index (χ1) is 26.6. The Morgan fingerprint density at radius 1 is 0.463 bits per heavy atom. The van der Waals surface area contributed by atoms with Crippen molar-refractivity contribution in [1.82, 2.24) is 14.5 Å². The van der Waals surface area contributed by atoms with Crippen LogP contribution in [0.15, 0.2) is 164 Å². The fourth-order valence-corrected chi connectivity index (χ4v) is 9.02. The molecule has 54 heavy (non-hydrogen) atoms. The molecule has 2 aromatic heterocycles. The van der Waals surface area contributed by atoms with Crippen LogP contribution in [0.1, 0.15) is 38.8 Å². The summed E-state index contributed by atoms with van der Waals surface area (Å²) in [5.41, 5.74) is 12.8. The normalized spacial score (nSPS) is 13.0. The van der Waals surface area contributed by atoms with E-state index in [-0.39, 0.29) is 5.41 Å². The summed E-state index contributed by atoms with van der Waals surface area (Å²) in [6.45, 7) is 8.74. The lowest BCUT2D eigenvalue weighted by atomic mass is 9.78. The molecule has 10 aromatic rings. The molecule has 0 bridgehead atoms. The van der Waals surface area contributed by atoms with E-state index in [1.165, 1.54) is 54.9 Å². The summed E-state index contributed by atoms with van der Waals surface area (Å²) in [6, 6.07) is 59.3. The van der Waals surface area contributed by atoms with Gasteiger partial charge in [0.15, 0.2) is 0 Å². The summed E-state index contributed by atoms with van der Waals surface area (Å²) >= 11 is 0. The fraction of sp³-hybridized carbons (Fsp3) is 0.0980. The van der Waals surface area contributed by atoms with Gasteiger partial charge in [0.2, 0.25) is 5.95 Å². The van der Waals surface area contributed by atoms with E-state index in [1.54, 1.807) is 0 Å². The fourth-order valence-electron chi connectivity index (χ4n) is 9.02. The van der Waals surface area contributed by atoms with Crippen LogP contribution in [0.5, 0.6) is 0 Å². The third-order valence-electron chi connectivity index (χ3n) is 11.4. The van der Waals surface area contributed by atoms with E-state index in [1.807, 2.05) is 13.8 Å². The van der Waals surface area contributed by atoms with Gasteiger partial charge in [-0.3, -0.25) is 4.57 Å². The van der Waals surface area contributed by atoms with Crippen molar-refractivity contribution in [3.63, 3.8) is 0 Å². The van der Waals surface area contributed by atoms with Gasteiger partial charge in [-0.25, -0.2) is 9.97 Å². The minimum atomic E-state index is -0.172. The summed E-state index contributed by atoms with van der Waals surface area (Å²) in [5.74, 6) is 0.667. The molecule has 8 aromatic carbocycles. The molecule has 0 radical (unpaired) electrons. The Balaban J connectivity index is 0.00000178. The van der Waals surface area contributed by atoms with Gasteiger partial charge >= 0.3 is 0 Å². The van der Waals surface area contributed by atoms with Crippen molar-refractivity contribution in [1.29, 1.82) is 0 Å². The van der Waals surface area contributed by atoms with Crippen molar-refractivity contribution in [2.75, 3.05) is 0 Å². The molecule has 0 unspecified atom stereocenters. The molecule has 0 fully saturated rings. The Kier molecular flexibility index (Phi) is 7.28. The zero-order chi connectivity index (χ0) is 36.6. The van der Waals surface area contributed by atoms with Gasteiger partial charge in [0.1, 0.15) is 0 Å². The Bertz CT molecular complexity index is 3100. The van der Waals surface area contributed by atoms with E-state index >= 15 is 0 Å². The van der Waals surface area contributed by atoms with E-state index in [0.29, 0.717) is 5.95 Å². The quantitative estimate of drug-likeness (QED) is 0.172. The van der Waals surface area contributed by atoms with Crippen LogP contribution in [0, 0.1) is 0 Å². The highest BCUT2D eigenvalue weighted by Gasteiger charge is 2.37. The number of nitrogens with zero attached hydrogens (tertiary/aromatic N) is 3. The molecular weight excluding hydrogens is 655 g/mol. The molecule has 3 nitrogen and oxygen atoms in total. The van der Waals surface area contributed by atoms with Gasteiger partial charge in [0.05, 0.1) is 22.2 Å². The highest BCUT2D eigenvalue weighted by atomic mass is 15.2. The molecule has 0 N–H and O–H groups in total. The van der Waals surface area contributed by atoms with Crippen molar-refractivity contribution in [3.8, 4) is 39.5 Å². The summed E-state index contributed by atoms with van der Waals surface area (Å²) in [5, 5.41) is 8.10. The lowest BCUT2D eigenvalue weighted by molar-refractivity contribution is 0.662. The summed E-state index contributed by atoms with van der Waals surface area (Å²) in [7, 11) is 0. The largest absolute Gasteiger partial charge is 0.277 e. The summed E-state index contributed by atoms with van der Waals surface area (Å²) in [4.78, 5) is 11.1. The minimum Gasteiger partial charge on any atom is -0.277 e. The number of benzene rings is 8. The van der Waals surface area contributed by atoms with Crippen molar-refractivity contribution in [2.45, 2.75) is 33.1 Å². The van der Waals surface area contributed by atoms with E-state index < -0.39 is 0 Å². The number of fused-ring (bicyclic) bond motifs is 10. The van der Waals surface area contributed by atoms with Crippen LogP contribution in [0.2, 0.25) is 0 Å². The van der Waals surface area contributed by atoms with Crippen molar-refractivity contribution in [3.05, 3.63) is 175 Å². The zero-order valence-corrected chi connectivity index (χ0v) is 30.9. The summed E-state index contributed by atoms with van der Waals surface area (Å²) < 4.78 is 2.34. The lowest BCUT2D eigenvalue weighted by Crippen LogP contribution is -2.16. The molecule has 0 spiro atoms. The average Bonchev–Trinajstić information content (AvgIpc) is 3.68. The molecule has 11 rings (SSSR count). The van der Waals surface area contributed by atoms with Gasteiger partial charge in [-0.2, -0.15) is 0 Å². The van der Waals surface area contributed by atoms with Gasteiger partial charge in [-0.15, -0.1) is 0 Å². The Morgan fingerprint density at radius 3 is 1.89 bits per heavy atom.